The minimum Gasteiger partial charge on any atom is -0.393 e. The Morgan fingerprint density at radius 2 is 2.00 bits per heavy atom. The van der Waals surface area contributed by atoms with Crippen LogP contribution >= 0.6 is 0 Å². The molecule has 1 saturated heterocycles. The first kappa shape index (κ1) is 19.1. The molecule has 3 aromatic heterocycles. The van der Waals surface area contributed by atoms with Gasteiger partial charge in [0.1, 0.15) is 11.2 Å². The van der Waals surface area contributed by atoms with Crippen molar-refractivity contribution in [3.05, 3.63) is 24.3 Å². The van der Waals surface area contributed by atoms with E-state index < -0.39 is 0 Å². The number of piperidine rings is 1. The molecule has 2 N–H and O–H groups in total. The highest BCUT2D eigenvalue weighted by atomic mass is 16.3. The van der Waals surface area contributed by atoms with Gasteiger partial charge in [0, 0.05) is 37.1 Å². The van der Waals surface area contributed by atoms with Crippen LogP contribution in [0, 0.1) is 17.2 Å². The summed E-state index contributed by atoms with van der Waals surface area (Å²) in [4.78, 5) is 27.7. The van der Waals surface area contributed by atoms with Gasteiger partial charge >= 0.3 is 0 Å². The maximum absolute atomic E-state index is 13.5. The van der Waals surface area contributed by atoms with Crippen molar-refractivity contribution in [3.8, 4) is 6.07 Å². The zero-order valence-corrected chi connectivity index (χ0v) is 16.9. The fourth-order valence-electron chi connectivity index (χ4n) is 5.05. The van der Waals surface area contributed by atoms with Crippen LogP contribution in [0.1, 0.15) is 61.6 Å². The highest BCUT2D eigenvalue weighted by molar-refractivity contribution is 6.04. The number of hydrogen-bond acceptors (Lipinski definition) is 5. The summed E-state index contributed by atoms with van der Waals surface area (Å²) in [5, 5.41) is 19.8. The summed E-state index contributed by atoms with van der Waals surface area (Å²) in [6.07, 6.45) is 8.94. The molecular weight excluding hydrogens is 380 g/mol. The first-order valence-corrected chi connectivity index (χ1v) is 10.8. The number of pyridine rings is 1. The van der Waals surface area contributed by atoms with Crippen LogP contribution in [0.25, 0.3) is 22.1 Å². The van der Waals surface area contributed by atoms with E-state index in [9.17, 15) is 9.90 Å². The van der Waals surface area contributed by atoms with Crippen LogP contribution in [-0.2, 0) is 0 Å². The molecule has 5 rings (SSSR count). The van der Waals surface area contributed by atoms with Gasteiger partial charge in [-0.3, -0.25) is 4.79 Å². The van der Waals surface area contributed by atoms with Crippen LogP contribution in [0.5, 0.6) is 0 Å². The van der Waals surface area contributed by atoms with Crippen LogP contribution in [0.3, 0.4) is 0 Å². The van der Waals surface area contributed by atoms with Crippen molar-refractivity contribution in [2.45, 2.75) is 57.1 Å². The highest BCUT2D eigenvalue weighted by Crippen LogP contribution is 2.38. The monoisotopic (exact) mass is 406 g/mol. The number of aromatic nitrogens is 4. The van der Waals surface area contributed by atoms with E-state index in [1.807, 2.05) is 17.2 Å². The molecular formula is C22H26N6O2. The number of fused-ring (bicyclic) bond motifs is 3. The summed E-state index contributed by atoms with van der Waals surface area (Å²) < 4.78 is 2.14. The Morgan fingerprint density at radius 3 is 2.73 bits per heavy atom. The Labute approximate surface area is 174 Å². The Hall–Kier alpha value is -2.92. The van der Waals surface area contributed by atoms with Crippen molar-refractivity contribution in [2.75, 3.05) is 13.1 Å². The number of nitriles is 1. The Morgan fingerprint density at radius 1 is 1.23 bits per heavy atom. The summed E-state index contributed by atoms with van der Waals surface area (Å²) >= 11 is 0. The van der Waals surface area contributed by atoms with Crippen LogP contribution in [-0.4, -0.2) is 54.6 Å². The van der Waals surface area contributed by atoms with Crippen LogP contribution in [0.4, 0.5) is 0 Å². The Kier molecular flexibility index (Phi) is 4.91. The standard InChI is InChI=1S/C22H26N6O2/c23-9-5-14-1-3-15(4-2-14)28-19-17-6-10-24-20(17)25-13-18(19)26-21(28)22(30)27-11-7-16(29)8-12-27/h6,10,13-16,29H,1-5,7-8,11-12H2,(H,24,25). The second kappa shape index (κ2) is 7.73. The van der Waals surface area contributed by atoms with Crippen molar-refractivity contribution in [2.24, 2.45) is 5.92 Å². The quantitative estimate of drug-likeness (QED) is 0.694. The number of imidazole rings is 1. The van der Waals surface area contributed by atoms with E-state index in [4.69, 9.17) is 10.2 Å². The van der Waals surface area contributed by atoms with Gasteiger partial charge in [-0.15, -0.1) is 0 Å². The zero-order valence-electron chi connectivity index (χ0n) is 16.9. The van der Waals surface area contributed by atoms with Gasteiger partial charge in [0.05, 0.1) is 23.9 Å². The second-order valence-electron chi connectivity index (χ2n) is 8.60. The first-order chi connectivity index (χ1) is 14.7. The predicted molar refractivity (Wildman–Crippen MR) is 112 cm³/mol. The summed E-state index contributed by atoms with van der Waals surface area (Å²) in [7, 11) is 0. The van der Waals surface area contributed by atoms with Gasteiger partial charge in [-0.2, -0.15) is 5.26 Å². The number of aliphatic hydroxyl groups excluding tert-OH is 1. The third kappa shape index (κ3) is 3.23. The molecule has 0 radical (unpaired) electrons. The molecule has 8 heteroatoms. The molecule has 1 saturated carbocycles. The topological polar surface area (TPSA) is 111 Å². The lowest BCUT2D eigenvalue weighted by molar-refractivity contribution is 0.0529. The van der Waals surface area contributed by atoms with Gasteiger partial charge in [0.25, 0.3) is 5.91 Å². The molecule has 2 aliphatic rings. The number of aromatic amines is 1. The fraction of sp³-hybridized carbons (Fsp3) is 0.545. The Balaban J connectivity index is 1.57. The molecule has 0 spiro atoms. The summed E-state index contributed by atoms with van der Waals surface area (Å²) in [5.41, 5.74) is 2.49. The maximum Gasteiger partial charge on any atom is 0.289 e. The van der Waals surface area contributed by atoms with E-state index in [1.54, 1.807) is 6.20 Å². The van der Waals surface area contributed by atoms with Gasteiger partial charge < -0.3 is 19.6 Å². The van der Waals surface area contributed by atoms with Crippen molar-refractivity contribution >= 4 is 28.0 Å². The SMILES string of the molecule is N#CCC1CCC(n2c(C(=O)N3CCC(O)CC3)nc3cnc4[nH]ccc4c32)CC1. The van der Waals surface area contributed by atoms with Crippen LogP contribution in [0.15, 0.2) is 18.5 Å². The molecule has 1 amide bonds. The molecule has 1 aliphatic carbocycles. The number of carbonyl (C=O) groups excluding carboxylic acids is 1. The summed E-state index contributed by atoms with van der Waals surface area (Å²) in [6.45, 7) is 1.10. The van der Waals surface area contributed by atoms with Crippen molar-refractivity contribution in [1.82, 2.24) is 24.4 Å². The summed E-state index contributed by atoms with van der Waals surface area (Å²) in [6, 6.07) is 4.48. The lowest BCUT2D eigenvalue weighted by Gasteiger charge is -2.32. The van der Waals surface area contributed by atoms with E-state index in [0.29, 0.717) is 44.1 Å². The average Bonchev–Trinajstić information content (AvgIpc) is 3.39. The number of likely N-dealkylation sites (tertiary alicyclic amines) is 1. The molecule has 2 fully saturated rings. The number of aliphatic hydroxyl groups is 1. The number of hydrogen-bond donors (Lipinski definition) is 2. The molecule has 4 heterocycles. The fourth-order valence-corrected chi connectivity index (χ4v) is 5.05. The summed E-state index contributed by atoms with van der Waals surface area (Å²) in [5.74, 6) is 0.847. The molecule has 0 unspecified atom stereocenters. The average molecular weight is 406 g/mol. The van der Waals surface area contributed by atoms with E-state index >= 15 is 0 Å². The molecule has 0 aromatic carbocycles. The van der Waals surface area contributed by atoms with Gasteiger partial charge in [0.2, 0.25) is 5.82 Å². The molecule has 8 nitrogen and oxygen atoms in total. The normalized spacial score (nSPS) is 23.1. The predicted octanol–water partition coefficient (Wildman–Crippen LogP) is 3.15. The van der Waals surface area contributed by atoms with Crippen molar-refractivity contribution in [1.29, 1.82) is 5.26 Å². The molecule has 156 valence electrons. The van der Waals surface area contributed by atoms with Gasteiger partial charge in [0.15, 0.2) is 0 Å². The third-order valence-corrected chi connectivity index (χ3v) is 6.74. The van der Waals surface area contributed by atoms with E-state index in [-0.39, 0.29) is 18.1 Å². The number of rotatable bonds is 3. The number of nitrogens with zero attached hydrogens (tertiary/aromatic N) is 5. The largest absolute Gasteiger partial charge is 0.393 e. The zero-order chi connectivity index (χ0) is 20.7. The van der Waals surface area contributed by atoms with Crippen LogP contribution < -0.4 is 0 Å². The van der Waals surface area contributed by atoms with Gasteiger partial charge in [-0.1, -0.05) is 0 Å². The maximum atomic E-state index is 13.5. The number of H-pyrrole nitrogens is 1. The molecule has 0 bridgehead atoms. The lowest BCUT2D eigenvalue weighted by atomic mass is 9.84. The smallest absolute Gasteiger partial charge is 0.289 e. The van der Waals surface area contributed by atoms with E-state index in [2.05, 4.69) is 20.6 Å². The lowest BCUT2D eigenvalue weighted by Crippen LogP contribution is -2.41. The molecule has 0 atom stereocenters. The van der Waals surface area contributed by atoms with Gasteiger partial charge in [-0.05, 0) is 50.5 Å². The van der Waals surface area contributed by atoms with Crippen molar-refractivity contribution < 1.29 is 9.90 Å². The van der Waals surface area contributed by atoms with Gasteiger partial charge in [-0.25, -0.2) is 9.97 Å². The minimum atomic E-state index is -0.327. The first-order valence-electron chi connectivity index (χ1n) is 10.8. The highest BCUT2D eigenvalue weighted by Gasteiger charge is 2.32. The molecule has 1 aliphatic heterocycles. The number of nitrogens with one attached hydrogen (secondary N) is 1. The molecule has 3 aromatic rings. The number of carbonyl (C=O) groups is 1. The van der Waals surface area contributed by atoms with Crippen LogP contribution in [0.2, 0.25) is 0 Å². The second-order valence-corrected chi connectivity index (χ2v) is 8.60. The van der Waals surface area contributed by atoms with Crippen molar-refractivity contribution in [3.63, 3.8) is 0 Å². The van der Waals surface area contributed by atoms with E-state index in [0.717, 1.165) is 47.8 Å². The third-order valence-electron chi connectivity index (χ3n) is 6.74. The Bertz CT molecular complexity index is 1110. The number of amides is 1. The minimum absolute atomic E-state index is 0.0686. The molecule has 30 heavy (non-hydrogen) atoms. The van der Waals surface area contributed by atoms with E-state index in [1.165, 1.54) is 0 Å².